The van der Waals surface area contributed by atoms with Gasteiger partial charge in [-0.1, -0.05) is 12.1 Å². The molecular weight excluding hydrogens is 248 g/mol. The third-order valence-electron chi connectivity index (χ3n) is 2.37. The van der Waals surface area contributed by atoms with Gasteiger partial charge in [0.1, 0.15) is 12.2 Å². The van der Waals surface area contributed by atoms with Gasteiger partial charge in [0.2, 0.25) is 0 Å². The Bertz CT molecular complexity index is 441. The number of ether oxygens (including phenoxy) is 2. The number of phenols is 1. The highest BCUT2D eigenvalue weighted by Crippen LogP contribution is 2.25. The van der Waals surface area contributed by atoms with Gasteiger partial charge in [0.05, 0.1) is 12.7 Å². The van der Waals surface area contributed by atoms with Gasteiger partial charge in [-0.05, 0) is 26.0 Å². The summed E-state index contributed by atoms with van der Waals surface area (Å²) in [5.74, 6) is -0.279. The van der Waals surface area contributed by atoms with Crippen LogP contribution in [0.25, 0.3) is 0 Å². The number of carbonyl (C=O) groups excluding carboxylic acids is 2. The third kappa shape index (κ3) is 5.90. The number of hydrogen-bond acceptors (Lipinski definition) is 5. The van der Waals surface area contributed by atoms with Crippen LogP contribution in [0.4, 0.5) is 0 Å². The summed E-state index contributed by atoms with van der Waals surface area (Å²) in [7, 11) is 0. The van der Waals surface area contributed by atoms with E-state index >= 15 is 0 Å². The molecule has 1 N–H and O–H groups in total. The molecule has 1 atom stereocenters. The van der Waals surface area contributed by atoms with Gasteiger partial charge >= 0.3 is 5.97 Å². The van der Waals surface area contributed by atoms with Crippen molar-refractivity contribution in [3.8, 4) is 11.5 Å². The molecule has 0 spiro atoms. The molecule has 1 unspecified atom stereocenters. The molecule has 0 aromatic heterocycles. The SMILES string of the molecule is CC(=O)CC(=O)OCCC(C)Oc1ccccc1O. The smallest absolute Gasteiger partial charge is 0.313 e. The molecule has 0 fully saturated rings. The van der Waals surface area contributed by atoms with Crippen LogP contribution in [-0.2, 0) is 14.3 Å². The van der Waals surface area contributed by atoms with Crippen LogP contribution in [-0.4, -0.2) is 29.6 Å². The molecule has 0 amide bonds. The summed E-state index contributed by atoms with van der Waals surface area (Å²) in [6.07, 6.45) is 0.0746. The Hall–Kier alpha value is -2.04. The molecule has 19 heavy (non-hydrogen) atoms. The Morgan fingerprint density at radius 1 is 1.32 bits per heavy atom. The Morgan fingerprint density at radius 3 is 2.63 bits per heavy atom. The molecule has 0 aliphatic rings. The maximum atomic E-state index is 11.1. The van der Waals surface area contributed by atoms with E-state index in [9.17, 15) is 14.7 Å². The maximum Gasteiger partial charge on any atom is 0.313 e. The first kappa shape index (κ1) is 15.0. The quantitative estimate of drug-likeness (QED) is 0.604. The van der Waals surface area contributed by atoms with Crippen LogP contribution in [0, 0.1) is 0 Å². The monoisotopic (exact) mass is 266 g/mol. The summed E-state index contributed by atoms with van der Waals surface area (Å²) in [5.41, 5.74) is 0. The molecule has 104 valence electrons. The van der Waals surface area contributed by atoms with Gasteiger partial charge < -0.3 is 14.6 Å². The molecule has 1 aromatic rings. The van der Waals surface area contributed by atoms with Crippen molar-refractivity contribution < 1.29 is 24.2 Å². The lowest BCUT2D eigenvalue weighted by atomic mass is 10.2. The molecule has 0 saturated carbocycles. The number of Topliss-reactive ketones (excluding diaryl/α,β-unsaturated/α-hetero) is 1. The normalized spacial score (nSPS) is 11.7. The second kappa shape index (κ2) is 7.41. The molecule has 1 rings (SSSR count). The molecule has 0 heterocycles. The average molecular weight is 266 g/mol. The molecule has 1 aromatic carbocycles. The van der Waals surface area contributed by atoms with Gasteiger partial charge in [-0.15, -0.1) is 0 Å². The molecule has 5 heteroatoms. The van der Waals surface area contributed by atoms with Gasteiger partial charge in [-0.2, -0.15) is 0 Å². The zero-order valence-corrected chi connectivity index (χ0v) is 11.1. The lowest BCUT2D eigenvalue weighted by Crippen LogP contribution is -2.17. The number of aromatic hydroxyl groups is 1. The molecule has 0 radical (unpaired) electrons. The minimum Gasteiger partial charge on any atom is -0.504 e. The topological polar surface area (TPSA) is 72.8 Å². The highest BCUT2D eigenvalue weighted by Gasteiger charge is 2.10. The van der Waals surface area contributed by atoms with Crippen molar-refractivity contribution in [2.75, 3.05) is 6.61 Å². The summed E-state index contributed by atoms with van der Waals surface area (Å²) in [4.78, 5) is 21.8. The van der Waals surface area contributed by atoms with Crippen LogP contribution >= 0.6 is 0 Å². The zero-order valence-electron chi connectivity index (χ0n) is 11.1. The first-order valence-electron chi connectivity index (χ1n) is 6.08. The summed E-state index contributed by atoms with van der Waals surface area (Å²) in [5, 5.41) is 9.52. The Labute approximate surface area is 112 Å². The van der Waals surface area contributed by atoms with Crippen molar-refractivity contribution >= 4 is 11.8 Å². The van der Waals surface area contributed by atoms with Crippen molar-refractivity contribution in [2.24, 2.45) is 0 Å². The second-order valence-corrected chi connectivity index (χ2v) is 4.28. The summed E-state index contributed by atoms with van der Waals surface area (Å²) >= 11 is 0. The lowest BCUT2D eigenvalue weighted by Gasteiger charge is -2.15. The van der Waals surface area contributed by atoms with E-state index in [2.05, 4.69) is 0 Å². The number of carbonyl (C=O) groups is 2. The first-order chi connectivity index (χ1) is 8.99. The van der Waals surface area contributed by atoms with E-state index in [0.717, 1.165) is 0 Å². The fourth-order valence-electron chi connectivity index (χ4n) is 1.43. The minimum atomic E-state index is -0.526. The average Bonchev–Trinajstić information content (AvgIpc) is 2.31. The summed E-state index contributed by atoms with van der Waals surface area (Å²) < 4.78 is 10.4. The molecule has 5 nitrogen and oxygen atoms in total. The minimum absolute atomic E-state index is 0.0722. The zero-order chi connectivity index (χ0) is 14.3. The molecule has 0 saturated heterocycles. The van der Waals surface area contributed by atoms with Gasteiger partial charge in [0.25, 0.3) is 0 Å². The summed E-state index contributed by atoms with van der Waals surface area (Å²) in [6, 6.07) is 6.66. The fourth-order valence-corrected chi connectivity index (χ4v) is 1.43. The highest BCUT2D eigenvalue weighted by atomic mass is 16.5. The van der Waals surface area contributed by atoms with E-state index in [0.29, 0.717) is 12.2 Å². The fraction of sp³-hybridized carbons (Fsp3) is 0.429. The van der Waals surface area contributed by atoms with Gasteiger partial charge in [0.15, 0.2) is 11.5 Å². The Morgan fingerprint density at radius 2 is 2.00 bits per heavy atom. The standard InChI is InChI=1S/C14H18O5/c1-10(15)9-14(17)18-8-7-11(2)19-13-6-4-3-5-12(13)16/h3-6,11,16H,7-9H2,1-2H3. The summed E-state index contributed by atoms with van der Waals surface area (Å²) in [6.45, 7) is 3.33. The van der Waals surface area contributed by atoms with Crippen LogP contribution in [0.5, 0.6) is 11.5 Å². The number of benzene rings is 1. The van der Waals surface area contributed by atoms with Gasteiger partial charge in [0, 0.05) is 6.42 Å². The molecule has 0 aliphatic carbocycles. The van der Waals surface area contributed by atoms with Crippen LogP contribution < -0.4 is 4.74 Å². The van der Waals surface area contributed by atoms with E-state index in [-0.39, 0.29) is 30.7 Å². The highest BCUT2D eigenvalue weighted by molar-refractivity contribution is 5.94. The second-order valence-electron chi connectivity index (χ2n) is 4.28. The van der Waals surface area contributed by atoms with Crippen molar-refractivity contribution in [2.45, 2.75) is 32.8 Å². The van der Waals surface area contributed by atoms with Crippen LogP contribution in [0.3, 0.4) is 0 Å². The van der Waals surface area contributed by atoms with E-state index < -0.39 is 5.97 Å². The van der Waals surface area contributed by atoms with E-state index in [1.807, 2.05) is 6.92 Å². The number of para-hydroxylation sites is 2. The van der Waals surface area contributed by atoms with Crippen molar-refractivity contribution in [1.82, 2.24) is 0 Å². The molecule has 0 aliphatic heterocycles. The van der Waals surface area contributed by atoms with Gasteiger partial charge in [-0.25, -0.2) is 0 Å². The predicted octanol–water partition coefficient (Wildman–Crippen LogP) is 2.07. The number of rotatable bonds is 7. The molecular formula is C14H18O5. The van der Waals surface area contributed by atoms with Crippen molar-refractivity contribution in [3.63, 3.8) is 0 Å². The Kier molecular flexibility index (Phi) is 5.85. The van der Waals surface area contributed by atoms with Crippen LogP contribution in [0.2, 0.25) is 0 Å². The largest absolute Gasteiger partial charge is 0.504 e. The van der Waals surface area contributed by atoms with E-state index in [4.69, 9.17) is 9.47 Å². The van der Waals surface area contributed by atoms with Crippen molar-refractivity contribution in [3.05, 3.63) is 24.3 Å². The first-order valence-corrected chi connectivity index (χ1v) is 6.08. The van der Waals surface area contributed by atoms with Crippen LogP contribution in [0.15, 0.2) is 24.3 Å². The van der Waals surface area contributed by atoms with E-state index in [1.54, 1.807) is 18.2 Å². The number of hydrogen-bond donors (Lipinski definition) is 1. The number of ketones is 1. The number of phenolic OH excluding ortho intramolecular Hbond substituents is 1. The van der Waals surface area contributed by atoms with E-state index in [1.165, 1.54) is 13.0 Å². The molecule has 0 bridgehead atoms. The lowest BCUT2D eigenvalue weighted by molar-refractivity contribution is -0.146. The predicted molar refractivity (Wildman–Crippen MR) is 69.1 cm³/mol. The van der Waals surface area contributed by atoms with Crippen LogP contribution in [0.1, 0.15) is 26.7 Å². The Balaban J connectivity index is 2.29. The van der Waals surface area contributed by atoms with Gasteiger partial charge in [-0.3, -0.25) is 9.59 Å². The maximum absolute atomic E-state index is 11.1. The van der Waals surface area contributed by atoms with Crippen molar-refractivity contribution in [1.29, 1.82) is 0 Å². The number of esters is 1. The third-order valence-corrected chi connectivity index (χ3v) is 2.37.